The van der Waals surface area contributed by atoms with Crippen LogP contribution in [0.4, 0.5) is 4.39 Å². The Morgan fingerprint density at radius 2 is 2.15 bits per heavy atom. The lowest BCUT2D eigenvalue weighted by Gasteiger charge is -1.95. The molecular weight excluding hydrogens is 167 g/mol. The second-order valence-electron chi connectivity index (χ2n) is 3.18. The molecule has 1 N–H and O–H groups in total. The van der Waals surface area contributed by atoms with E-state index in [9.17, 15) is 4.39 Å². The summed E-state index contributed by atoms with van der Waals surface area (Å²) >= 11 is 0. The average molecular weight is 178 g/mol. The van der Waals surface area contributed by atoms with Gasteiger partial charge in [-0.1, -0.05) is 18.2 Å². The van der Waals surface area contributed by atoms with E-state index in [0.717, 1.165) is 0 Å². The summed E-state index contributed by atoms with van der Waals surface area (Å²) in [5.74, 6) is -0.233. The van der Waals surface area contributed by atoms with E-state index >= 15 is 0 Å². The quantitative estimate of drug-likeness (QED) is 0.555. The molecule has 2 rings (SSSR count). The summed E-state index contributed by atoms with van der Waals surface area (Å²) in [6.07, 6.45) is 3.87. The second-order valence-corrected chi connectivity index (χ2v) is 3.18. The molecule has 0 bridgehead atoms. The third kappa shape index (κ3) is 2.28. The number of hydrogen-bond acceptors (Lipinski definition) is 2. The topological polar surface area (TPSA) is 24.4 Å². The molecule has 1 aliphatic rings. The lowest BCUT2D eigenvalue weighted by atomic mass is 10.2. The van der Waals surface area contributed by atoms with E-state index in [0.29, 0.717) is 11.6 Å². The van der Waals surface area contributed by atoms with Gasteiger partial charge in [-0.25, -0.2) is 4.39 Å². The van der Waals surface area contributed by atoms with E-state index < -0.39 is 0 Å². The Morgan fingerprint density at radius 1 is 1.38 bits per heavy atom. The Labute approximate surface area is 76.5 Å². The van der Waals surface area contributed by atoms with Crippen LogP contribution in [0.1, 0.15) is 18.4 Å². The number of rotatable bonds is 3. The smallest absolute Gasteiger partial charge is 0.132 e. The maximum absolute atomic E-state index is 13.0. The van der Waals surface area contributed by atoms with Crippen molar-refractivity contribution in [2.75, 3.05) is 0 Å². The fourth-order valence-corrected chi connectivity index (χ4v) is 1.00. The largest absolute Gasteiger partial charge is 0.307 e. The Balaban J connectivity index is 1.99. The van der Waals surface area contributed by atoms with Gasteiger partial charge in [-0.3, -0.25) is 0 Å². The summed E-state index contributed by atoms with van der Waals surface area (Å²) in [5, 5.41) is 3.95. The van der Waals surface area contributed by atoms with Gasteiger partial charge in [0.2, 0.25) is 0 Å². The molecular formula is C10H11FN2. The monoisotopic (exact) mass is 178 g/mol. The number of hydrazone groups is 1. The van der Waals surface area contributed by atoms with Crippen LogP contribution in [0.3, 0.4) is 0 Å². The molecule has 1 saturated carbocycles. The van der Waals surface area contributed by atoms with Crippen molar-refractivity contribution >= 4 is 6.21 Å². The van der Waals surface area contributed by atoms with Gasteiger partial charge in [0.15, 0.2) is 0 Å². The van der Waals surface area contributed by atoms with E-state index in [1.165, 1.54) is 25.1 Å². The van der Waals surface area contributed by atoms with Crippen molar-refractivity contribution in [3.63, 3.8) is 0 Å². The van der Waals surface area contributed by atoms with Gasteiger partial charge in [0.25, 0.3) is 0 Å². The van der Waals surface area contributed by atoms with Gasteiger partial charge in [-0.05, 0) is 18.9 Å². The third-order valence-electron chi connectivity index (χ3n) is 1.94. The minimum atomic E-state index is -0.233. The highest BCUT2D eigenvalue weighted by Crippen LogP contribution is 2.18. The Hall–Kier alpha value is -1.38. The van der Waals surface area contributed by atoms with Crippen LogP contribution in [0, 0.1) is 5.82 Å². The van der Waals surface area contributed by atoms with Crippen molar-refractivity contribution in [3.8, 4) is 0 Å². The molecule has 0 spiro atoms. The van der Waals surface area contributed by atoms with E-state index in [4.69, 9.17) is 0 Å². The first kappa shape index (κ1) is 8.23. The molecule has 0 saturated heterocycles. The first-order valence-corrected chi connectivity index (χ1v) is 4.39. The van der Waals surface area contributed by atoms with Gasteiger partial charge in [-0.2, -0.15) is 5.10 Å². The molecule has 0 atom stereocenters. The van der Waals surface area contributed by atoms with Crippen LogP contribution < -0.4 is 5.43 Å². The van der Waals surface area contributed by atoms with Gasteiger partial charge in [0, 0.05) is 11.6 Å². The fraction of sp³-hybridized carbons (Fsp3) is 0.300. The summed E-state index contributed by atoms with van der Waals surface area (Å²) in [6, 6.07) is 7.11. The molecule has 3 heteroatoms. The minimum Gasteiger partial charge on any atom is -0.307 e. The molecule has 2 nitrogen and oxygen atoms in total. The highest BCUT2D eigenvalue weighted by atomic mass is 19.1. The highest BCUT2D eigenvalue weighted by Gasteiger charge is 2.19. The van der Waals surface area contributed by atoms with Crippen LogP contribution >= 0.6 is 0 Å². The molecule has 0 amide bonds. The van der Waals surface area contributed by atoms with Crippen LogP contribution in [0.25, 0.3) is 0 Å². The van der Waals surface area contributed by atoms with Crippen molar-refractivity contribution < 1.29 is 4.39 Å². The van der Waals surface area contributed by atoms with Crippen LogP contribution in [-0.4, -0.2) is 12.3 Å². The Kier molecular flexibility index (Phi) is 2.25. The van der Waals surface area contributed by atoms with Crippen molar-refractivity contribution in [3.05, 3.63) is 35.6 Å². The maximum Gasteiger partial charge on any atom is 0.132 e. The molecule has 0 unspecified atom stereocenters. The van der Waals surface area contributed by atoms with E-state index in [1.807, 2.05) is 0 Å². The molecule has 13 heavy (non-hydrogen) atoms. The first-order valence-electron chi connectivity index (χ1n) is 4.39. The van der Waals surface area contributed by atoms with Crippen LogP contribution in [0.15, 0.2) is 29.4 Å². The summed E-state index contributed by atoms with van der Waals surface area (Å²) in [6.45, 7) is 0. The predicted molar refractivity (Wildman–Crippen MR) is 50.2 cm³/mol. The summed E-state index contributed by atoms with van der Waals surface area (Å²) in [4.78, 5) is 0. The number of hydrogen-bond donors (Lipinski definition) is 1. The van der Waals surface area contributed by atoms with Crippen molar-refractivity contribution in [2.45, 2.75) is 18.9 Å². The van der Waals surface area contributed by atoms with Crippen LogP contribution in [0.2, 0.25) is 0 Å². The number of benzene rings is 1. The highest BCUT2D eigenvalue weighted by molar-refractivity contribution is 5.79. The second kappa shape index (κ2) is 3.56. The number of nitrogens with zero attached hydrogens (tertiary/aromatic N) is 1. The van der Waals surface area contributed by atoms with E-state index in [2.05, 4.69) is 10.5 Å². The predicted octanol–water partition coefficient (Wildman–Crippen LogP) is 1.91. The third-order valence-corrected chi connectivity index (χ3v) is 1.94. The van der Waals surface area contributed by atoms with Gasteiger partial charge >= 0.3 is 0 Å². The molecule has 68 valence electrons. The van der Waals surface area contributed by atoms with Gasteiger partial charge in [0.1, 0.15) is 5.82 Å². The van der Waals surface area contributed by atoms with E-state index in [-0.39, 0.29) is 5.82 Å². The SMILES string of the molecule is Fc1ccccc1/C=N/NC1CC1. The molecule has 1 fully saturated rings. The van der Waals surface area contributed by atoms with Crippen LogP contribution in [0.5, 0.6) is 0 Å². The maximum atomic E-state index is 13.0. The number of halogens is 1. The minimum absolute atomic E-state index is 0.233. The lowest BCUT2D eigenvalue weighted by Crippen LogP contribution is -2.07. The first-order chi connectivity index (χ1) is 6.36. The molecule has 0 heterocycles. The summed E-state index contributed by atoms with van der Waals surface area (Å²) in [5.41, 5.74) is 3.46. The zero-order valence-corrected chi connectivity index (χ0v) is 7.20. The van der Waals surface area contributed by atoms with Crippen LogP contribution in [-0.2, 0) is 0 Å². The number of nitrogens with one attached hydrogen (secondary N) is 1. The Morgan fingerprint density at radius 3 is 2.85 bits per heavy atom. The average Bonchev–Trinajstić information content (AvgIpc) is 2.92. The van der Waals surface area contributed by atoms with Crippen molar-refractivity contribution in [1.29, 1.82) is 0 Å². The Bertz CT molecular complexity index is 318. The fourth-order valence-electron chi connectivity index (χ4n) is 1.00. The van der Waals surface area contributed by atoms with Crippen molar-refractivity contribution in [2.24, 2.45) is 5.10 Å². The molecule has 1 aliphatic carbocycles. The normalized spacial score (nSPS) is 16.4. The molecule has 1 aromatic carbocycles. The summed E-state index contributed by atoms with van der Waals surface area (Å²) in [7, 11) is 0. The standard InChI is InChI=1S/C10H11FN2/c11-10-4-2-1-3-8(10)7-12-13-9-5-6-9/h1-4,7,9,13H,5-6H2/b12-7+. The van der Waals surface area contributed by atoms with Crippen molar-refractivity contribution in [1.82, 2.24) is 5.43 Å². The van der Waals surface area contributed by atoms with Gasteiger partial charge < -0.3 is 5.43 Å². The molecule has 0 radical (unpaired) electrons. The van der Waals surface area contributed by atoms with Gasteiger partial charge in [0.05, 0.1) is 6.21 Å². The van der Waals surface area contributed by atoms with E-state index in [1.54, 1.807) is 18.2 Å². The van der Waals surface area contributed by atoms with Gasteiger partial charge in [-0.15, -0.1) is 0 Å². The molecule has 0 aromatic heterocycles. The summed E-state index contributed by atoms with van der Waals surface area (Å²) < 4.78 is 13.0. The zero-order chi connectivity index (χ0) is 9.10. The lowest BCUT2D eigenvalue weighted by molar-refractivity contribution is 0.625. The zero-order valence-electron chi connectivity index (χ0n) is 7.20. The molecule has 1 aromatic rings. The molecule has 0 aliphatic heterocycles.